The number of carbonyl (C=O) groups excluding carboxylic acids is 1. The summed E-state index contributed by atoms with van der Waals surface area (Å²) < 4.78 is 34.7. The number of nitrogens with zero attached hydrogens (tertiary/aromatic N) is 1. The van der Waals surface area contributed by atoms with Gasteiger partial charge in [0.15, 0.2) is 11.5 Å². The van der Waals surface area contributed by atoms with Gasteiger partial charge in [-0.05, 0) is 17.7 Å². The van der Waals surface area contributed by atoms with Crippen molar-refractivity contribution < 1.29 is 22.7 Å². The monoisotopic (exact) mass is 314 g/mol. The van der Waals surface area contributed by atoms with Gasteiger partial charge in [-0.2, -0.15) is 0 Å². The minimum absolute atomic E-state index is 0.0644. The van der Waals surface area contributed by atoms with Gasteiger partial charge in [-0.3, -0.25) is 4.79 Å². The first-order valence-electron chi connectivity index (χ1n) is 6.44. The van der Waals surface area contributed by atoms with Gasteiger partial charge in [-0.25, -0.2) is 12.7 Å². The molecule has 21 heavy (non-hydrogen) atoms. The van der Waals surface area contributed by atoms with Crippen molar-refractivity contribution in [2.45, 2.75) is 13.0 Å². The van der Waals surface area contributed by atoms with E-state index in [1.54, 1.807) is 12.1 Å². The lowest BCUT2D eigenvalue weighted by Crippen LogP contribution is -2.30. The van der Waals surface area contributed by atoms with Crippen molar-refractivity contribution in [3.63, 3.8) is 0 Å². The zero-order valence-corrected chi connectivity index (χ0v) is 12.8. The second-order valence-electron chi connectivity index (χ2n) is 4.81. The van der Waals surface area contributed by atoms with E-state index in [2.05, 4.69) is 5.32 Å². The molecule has 1 amide bonds. The number of nitrogens with one attached hydrogen (secondary N) is 1. The van der Waals surface area contributed by atoms with Crippen LogP contribution in [0.5, 0.6) is 11.5 Å². The van der Waals surface area contributed by atoms with E-state index in [4.69, 9.17) is 9.47 Å². The molecule has 1 aliphatic heterocycles. The molecule has 1 aromatic rings. The standard InChI is InChI=1S/C13H18N2O5S/c1-15(2)21(17,18)6-5-13(16)14-8-10-3-4-11-12(7-10)20-9-19-11/h3-4,7H,5-6,8-9H2,1-2H3,(H,14,16). The summed E-state index contributed by atoms with van der Waals surface area (Å²) in [6.45, 7) is 0.519. The van der Waals surface area contributed by atoms with Crippen molar-refractivity contribution in [1.82, 2.24) is 9.62 Å². The molecular weight excluding hydrogens is 296 g/mol. The maximum atomic E-state index is 11.7. The van der Waals surface area contributed by atoms with Gasteiger partial charge >= 0.3 is 0 Å². The average Bonchev–Trinajstić information content (AvgIpc) is 2.90. The Kier molecular flexibility index (Phi) is 4.69. The number of amides is 1. The average molecular weight is 314 g/mol. The Morgan fingerprint density at radius 1 is 1.29 bits per heavy atom. The fourth-order valence-corrected chi connectivity index (χ4v) is 2.55. The number of rotatable bonds is 6. The van der Waals surface area contributed by atoms with Crippen LogP contribution in [0.25, 0.3) is 0 Å². The number of hydrogen-bond acceptors (Lipinski definition) is 5. The maximum absolute atomic E-state index is 11.7. The minimum Gasteiger partial charge on any atom is -0.454 e. The largest absolute Gasteiger partial charge is 0.454 e. The lowest BCUT2D eigenvalue weighted by molar-refractivity contribution is -0.120. The Morgan fingerprint density at radius 2 is 2.00 bits per heavy atom. The minimum atomic E-state index is -3.35. The van der Waals surface area contributed by atoms with E-state index in [9.17, 15) is 13.2 Å². The van der Waals surface area contributed by atoms with Crippen LogP contribution in [-0.4, -0.2) is 45.3 Å². The second kappa shape index (κ2) is 6.31. The summed E-state index contributed by atoms with van der Waals surface area (Å²) in [4.78, 5) is 11.7. The molecule has 7 nitrogen and oxygen atoms in total. The molecule has 8 heteroatoms. The molecule has 0 fully saturated rings. The molecule has 1 aliphatic rings. The van der Waals surface area contributed by atoms with Gasteiger partial charge in [-0.15, -0.1) is 0 Å². The zero-order valence-electron chi connectivity index (χ0n) is 12.0. The van der Waals surface area contributed by atoms with Crippen molar-refractivity contribution in [1.29, 1.82) is 0 Å². The third kappa shape index (κ3) is 4.08. The van der Waals surface area contributed by atoms with Gasteiger partial charge in [0.05, 0.1) is 5.75 Å². The van der Waals surface area contributed by atoms with Crippen LogP contribution >= 0.6 is 0 Å². The molecule has 0 saturated carbocycles. The van der Waals surface area contributed by atoms with Crippen molar-refractivity contribution in [2.24, 2.45) is 0 Å². The molecule has 0 unspecified atom stereocenters. The molecular formula is C13H18N2O5S. The Bertz CT molecular complexity index is 627. The summed E-state index contributed by atoms with van der Waals surface area (Å²) in [6, 6.07) is 5.39. The predicted octanol–water partition coefficient (Wildman–Crippen LogP) is 0.313. The smallest absolute Gasteiger partial charge is 0.231 e. The number of hydrogen-bond donors (Lipinski definition) is 1. The fraction of sp³-hybridized carbons (Fsp3) is 0.462. The Labute approximate surface area is 123 Å². The Morgan fingerprint density at radius 3 is 2.71 bits per heavy atom. The van der Waals surface area contributed by atoms with E-state index >= 15 is 0 Å². The van der Waals surface area contributed by atoms with Crippen molar-refractivity contribution in [3.8, 4) is 11.5 Å². The van der Waals surface area contributed by atoms with Crippen LogP contribution in [0.4, 0.5) is 0 Å². The quantitative estimate of drug-likeness (QED) is 0.817. The number of benzene rings is 1. The molecule has 116 valence electrons. The van der Waals surface area contributed by atoms with E-state index in [1.165, 1.54) is 14.1 Å². The highest BCUT2D eigenvalue weighted by molar-refractivity contribution is 7.89. The van der Waals surface area contributed by atoms with Gasteiger partial charge < -0.3 is 14.8 Å². The Hall–Kier alpha value is -1.80. The number of ether oxygens (including phenoxy) is 2. The molecule has 0 aliphatic carbocycles. The molecule has 0 atom stereocenters. The topological polar surface area (TPSA) is 84.9 Å². The molecule has 1 aromatic carbocycles. The lowest BCUT2D eigenvalue weighted by atomic mass is 10.2. The van der Waals surface area contributed by atoms with Crippen LogP contribution in [0.3, 0.4) is 0 Å². The zero-order chi connectivity index (χ0) is 15.5. The Balaban J connectivity index is 1.82. The molecule has 2 rings (SSSR count). The summed E-state index contributed by atoms with van der Waals surface area (Å²) in [5, 5.41) is 2.68. The highest BCUT2D eigenvalue weighted by atomic mass is 32.2. The molecule has 0 bridgehead atoms. The first-order chi connectivity index (χ1) is 9.88. The molecule has 1 N–H and O–H groups in total. The van der Waals surface area contributed by atoms with Gasteiger partial charge in [0.1, 0.15) is 0 Å². The van der Waals surface area contributed by atoms with Crippen LogP contribution in [0.2, 0.25) is 0 Å². The number of sulfonamides is 1. The first-order valence-corrected chi connectivity index (χ1v) is 8.05. The van der Waals surface area contributed by atoms with Gasteiger partial charge in [-0.1, -0.05) is 6.07 Å². The van der Waals surface area contributed by atoms with E-state index in [0.29, 0.717) is 18.0 Å². The van der Waals surface area contributed by atoms with Gasteiger partial charge in [0, 0.05) is 27.1 Å². The third-order valence-electron chi connectivity index (χ3n) is 3.07. The molecule has 0 radical (unpaired) electrons. The van der Waals surface area contributed by atoms with E-state index in [-0.39, 0.29) is 24.9 Å². The molecule has 0 aromatic heterocycles. The van der Waals surface area contributed by atoms with E-state index in [1.807, 2.05) is 6.07 Å². The first kappa shape index (κ1) is 15.6. The fourth-order valence-electron chi connectivity index (χ4n) is 1.74. The summed E-state index contributed by atoms with van der Waals surface area (Å²) in [5.41, 5.74) is 0.864. The van der Waals surface area contributed by atoms with E-state index in [0.717, 1.165) is 9.87 Å². The summed E-state index contributed by atoms with van der Waals surface area (Å²) in [6.07, 6.45) is -0.0644. The van der Waals surface area contributed by atoms with Crippen LogP contribution in [0.15, 0.2) is 18.2 Å². The predicted molar refractivity (Wildman–Crippen MR) is 76.5 cm³/mol. The van der Waals surface area contributed by atoms with Crippen molar-refractivity contribution in [3.05, 3.63) is 23.8 Å². The maximum Gasteiger partial charge on any atom is 0.231 e. The van der Waals surface area contributed by atoms with Gasteiger partial charge in [0.2, 0.25) is 22.7 Å². The highest BCUT2D eigenvalue weighted by Crippen LogP contribution is 2.32. The van der Waals surface area contributed by atoms with Crippen molar-refractivity contribution >= 4 is 15.9 Å². The number of fused-ring (bicyclic) bond motifs is 1. The van der Waals surface area contributed by atoms with Crippen LogP contribution in [0, 0.1) is 0 Å². The summed E-state index contributed by atoms with van der Waals surface area (Å²) >= 11 is 0. The van der Waals surface area contributed by atoms with Crippen LogP contribution in [-0.2, 0) is 21.4 Å². The second-order valence-corrected chi connectivity index (χ2v) is 7.12. The highest BCUT2D eigenvalue weighted by Gasteiger charge is 2.16. The van der Waals surface area contributed by atoms with Crippen LogP contribution in [0.1, 0.15) is 12.0 Å². The lowest BCUT2D eigenvalue weighted by Gasteiger charge is -2.11. The normalized spacial score (nSPS) is 13.5. The molecule has 0 spiro atoms. The van der Waals surface area contributed by atoms with Crippen molar-refractivity contribution in [2.75, 3.05) is 26.6 Å². The summed E-state index contributed by atoms with van der Waals surface area (Å²) in [7, 11) is -0.460. The molecule has 1 heterocycles. The summed E-state index contributed by atoms with van der Waals surface area (Å²) in [5.74, 6) is 0.824. The van der Waals surface area contributed by atoms with E-state index < -0.39 is 10.0 Å². The number of carbonyl (C=O) groups is 1. The van der Waals surface area contributed by atoms with Gasteiger partial charge in [0.25, 0.3) is 0 Å². The molecule has 0 saturated heterocycles. The third-order valence-corrected chi connectivity index (χ3v) is 4.90. The van der Waals surface area contributed by atoms with Crippen LogP contribution < -0.4 is 14.8 Å². The SMILES string of the molecule is CN(C)S(=O)(=O)CCC(=O)NCc1ccc2c(c1)OCO2.